The number of carbonyl (C=O) groups excluding carboxylic acids is 1. The summed E-state index contributed by atoms with van der Waals surface area (Å²) in [7, 11) is 0. The Morgan fingerprint density at radius 1 is 0.402 bits per heavy atom. The molecule has 0 bridgehead atoms. The molecule has 1 fully saturated rings. The third-order valence-electron chi connectivity index (χ3n) is 16.9. The molecule has 0 aromatic rings. The zero-order chi connectivity index (χ0) is 62.8. The van der Waals surface area contributed by atoms with Gasteiger partial charge in [0.1, 0.15) is 24.4 Å². The van der Waals surface area contributed by atoms with E-state index in [0.29, 0.717) is 12.8 Å². The Labute approximate surface area is 536 Å². The smallest absolute Gasteiger partial charge is 0.220 e. The molecule has 9 nitrogen and oxygen atoms in total. The fraction of sp³-hybridized carbons (Fsp3) is 0.756. The Morgan fingerprint density at radius 3 is 1.06 bits per heavy atom. The zero-order valence-corrected chi connectivity index (χ0v) is 56.2. The topological polar surface area (TPSA) is 149 Å². The Bertz CT molecular complexity index is 1750. The largest absolute Gasteiger partial charge is 0.394 e. The quantitative estimate of drug-likeness (QED) is 0.0261. The van der Waals surface area contributed by atoms with Gasteiger partial charge in [-0.1, -0.05) is 342 Å². The van der Waals surface area contributed by atoms with Gasteiger partial charge in [-0.05, 0) is 83.5 Å². The van der Waals surface area contributed by atoms with Crippen molar-refractivity contribution < 1.29 is 39.8 Å². The van der Waals surface area contributed by atoms with Crippen LogP contribution in [0.3, 0.4) is 0 Å². The van der Waals surface area contributed by atoms with E-state index >= 15 is 0 Å². The van der Waals surface area contributed by atoms with Crippen molar-refractivity contribution in [2.45, 2.75) is 365 Å². The highest BCUT2D eigenvalue weighted by molar-refractivity contribution is 5.76. The van der Waals surface area contributed by atoms with Gasteiger partial charge in [0.25, 0.3) is 0 Å². The molecule has 1 heterocycles. The van der Waals surface area contributed by atoms with Crippen molar-refractivity contribution >= 4 is 5.91 Å². The first-order chi connectivity index (χ1) is 42.8. The molecule has 1 rings (SSSR count). The standard InChI is InChI=1S/C78H137NO8/c1-3-5-7-9-11-13-15-17-19-21-23-25-27-28-29-30-31-32-33-34-35-36-37-38-39-40-41-42-43-44-46-48-50-52-54-56-58-60-62-64-66-68-74(82)79-71(70-86-78-77(85)76(84)75(83)73(69-80)87-78)72(81)67-65-63-61-59-57-55-53-51-49-47-45-26-24-22-20-18-16-14-12-10-8-6-4-2/h5,7,11,13,17,19,23,25,28-29,31-32,34-35,37-38,40-41,71-73,75-78,80-81,83-85H,3-4,6,8-10,12,14-16,18,20-22,24,26-27,30,33,36,39,42-70H2,1-2H3,(H,79,82)/b7-5-,13-11-,19-17-,25-23-,29-28-,32-31-,35-34-,38-37-,41-40-. The summed E-state index contributed by atoms with van der Waals surface area (Å²) < 4.78 is 11.4. The van der Waals surface area contributed by atoms with Gasteiger partial charge in [-0.25, -0.2) is 0 Å². The second kappa shape index (κ2) is 65.8. The van der Waals surface area contributed by atoms with Crippen LogP contribution in [0.25, 0.3) is 0 Å². The number of carbonyl (C=O) groups is 1. The van der Waals surface area contributed by atoms with Gasteiger partial charge in [-0.3, -0.25) is 4.79 Å². The lowest BCUT2D eigenvalue weighted by Gasteiger charge is -2.40. The van der Waals surface area contributed by atoms with Crippen LogP contribution in [0.5, 0.6) is 0 Å². The van der Waals surface area contributed by atoms with Gasteiger partial charge in [0.2, 0.25) is 5.91 Å². The molecule has 502 valence electrons. The number of aliphatic hydroxyl groups is 5. The summed E-state index contributed by atoms with van der Waals surface area (Å²) in [6.07, 6.45) is 90.1. The molecule has 7 atom stereocenters. The number of allylic oxidation sites excluding steroid dienone is 18. The number of nitrogens with one attached hydrogen (secondary N) is 1. The summed E-state index contributed by atoms with van der Waals surface area (Å²) in [6.45, 7) is 3.76. The lowest BCUT2D eigenvalue weighted by Crippen LogP contribution is -2.60. The molecule has 1 aliphatic rings. The maximum absolute atomic E-state index is 13.2. The normalized spacial score (nSPS) is 18.6. The molecule has 1 saturated heterocycles. The number of amides is 1. The average molecular weight is 1220 g/mol. The minimum atomic E-state index is -1.56. The van der Waals surface area contributed by atoms with Crippen LogP contribution < -0.4 is 5.32 Å². The van der Waals surface area contributed by atoms with Gasteiger partial charge >= 0.3 is 0 Å². The van der Waals surface area contributed by atoms with Crippen LogP contribution in [0.15, 0.2) is 109 Å². The van der Waals surface area contributed by atoms with Crippen LogP contribution in [0.4, 0.5) is 0 Å². The molecular formula is C78H137NO8. The summed E-state index contributed by atoms with van der Waals surface area (Å²) in [6, 6.07) is -0.727. The second-order valence-electron chi connectivity index (χ2n) is 25.0. The summed E-state index contributed by atoms with van der Waals surface area (Å²) in [4.78, 5) is 13.2. The van der Waals surface area contributed by atoms with Crippen molar-refractivity contribution in [3.63, 3.8) is 0 Å². The molecule has 0 spiro atoms. The number of aliphatic hydroxyl groups excluding tert-OH is 5. The highest BCUT2D eigenvalue weighted by atomic mass is 16.7. The number of rotatable bonds is 63. The van der Waals surface area contributed by atoms with Crippen molar-refractivity contribution in [2.24, 2.45) is 0 Å². The molecule has 0 saturated carbocycles. The van der Waals surface area contributed by atoms with E-state index < -0.39 is 49.5 Å². The number of ether oxygens (including phenoxy) is 2. The lowest BCUT2D eigenvalue weighted by atomic mass is 9.99. The van der Waals surface area contributed by atoms with E-state index in [9.17, 15) is 30.3 Å². The third-order valence-corrected chi connectivity index (χ3v) is 16.9. The monoisotopic (exact) mass is 1220 g/mol. The van der Waals surface area contributed by atoms with Gasteiger partial charge in [0.15, 0.2) is 6.29 Å². The van der Waals surface area contributed by atoms with Crippen molar-refractivity contribution in [2.75, 3.05) is 13.2 Å². The Hall–Kier alpha value is -3.15. The van der Waals surface area contributed by atoms with E-state index in [-0.39, 0.29) is 12.5 Å². The molecule has 9 heteroatoms. The minimum absolute atomic E-state index is 0.141. The molecule has 6 N–H and O–H groups in total. The summed E-state index contributed by atoms with van der Waals surface area (Å²) in [5.74, 6) is -0.145. The number of unbranched alkanes of at least 4 members (excludes halogenated alkanes) is 35. The maximum atomic E-state index is 13.2. The molecule has 87 heavy (non-hydrogen) atoms. The van der Waals surface area contributed by atoms with Crippen LogP contribution in [0.2, 0.25) is 0 Å². The molecular weight excluding hydrogens is 1080 g/mol. The first-order valence-electron chi connectivity index (χ1n) is 36.6. The van der Waals surface area contributed by atoms with Crippen molar-refractivity contribution in [1.29, 1.82) is 0 Å². The van der Waals surface area contributed by atoms with Crippen molar-refractivity contribution in [1.82, 2.24) is 5.32 Å². The zero-order valence-electron chi connectivity index (χ0n) is 56.2. The van der Waals surface area contributed by atoms with E-state index in [0.717, 1.165) is 96.3 Å². The number of hydrogen-bond donors (Lipinski definition) is 6. The first kappa shape index (κ1) is 81.9. The van der Waals surface area contributed by atoms with E-state index in [1.54, 1.807) is 0 Å². The fourth-order valence-electron chi connectivity index (χ4n) is 11.2. The Morgan fingerprint density at radius 2 is 0.713 bits per heavy atom. The molecule has 0 aliphatic carbocycles. The van der Waals surface area contributed by atoms with E-state index in [2.05, 4.69) is 129 Å². The third kappa shape index (κ3) is 54.3. The molecule has 1 amide bonds. The van der Waals surface area contributed by atoms with Crippen LogP contribution >= 0.6 is 0 Å². The van der Waals surface area contributed by atoms with Crippen LogP contribution in [0.1, 0.15) is 322 Å². The Kier molecular flexibility index (Phi) is 61.9. The highest BCUT2D eigenvalue weighted by Crippen LogP contribution is 2.24. The molecule has 7 unspecified atom stereocenters. The fourth-order valence-corrected chi connectivity index (χ4v) is 11.2. The minimum Gasteiger partial charge on any atom is -0.394 e. The van der Waals surface area contributed by atoms with E-state index in [1.807, 2.05) is 0 Å². The van der Waals surface area contributed by atoms with Gasteiger partial charge in [-0.15, -0.1) is 0 Å². The SMILES string of the molecule is CC/C=C\C/C=C\C/C=C\C/C=C\C/C=C\C/C=C\C/C=C\C/C=C\C/C=C\CCCCCCCCCCCCCCCC(=O)NC(COC1OC(CO)C(O)C(O)C1O)C(O)CCCCCCCCCCCCCCCCCCCCCCCCC. The van der Waals surface area contributed by atoms with Crippen LogP contribution in [0, 0.1) is 0 Å². The van der Waals surface area contributed by atoms with E-state index in [4.69, 9.17) is 9.47 Å². The van der Waals surface area contributed by atoms with Crippen molar-refractivity contribution in [3.8, 4) is 0 Å². The number of hydrogen-bond acceptors (Lipinski definition) is 8. The first-order valence-corrected chi connectivity index (χ1v) is 36.6. The van der Waals surface area contributed by atoms with Gasteiger partial charge in [-0.2, -0.15) is 0 Å². The van der Waals surface area contributed by atoms with Crippen LogP contribution in [-0.4, -0.2) is 87.5 Å². The summed E-state index contributed by atoms with van der Waals surface area (Å²) in [5, 5.41) is 55.0. The van der Waals surface area contributed by atoms with Crippen molar-refractivity contribution in [3.05, 3.63) is 109 Å². The van der Waals surface area contributed by atoms with Gasteiger partial charge < -0.3 is 40.3 Å². The van der Waals surface area contributed by atoms with Gasteiger partial charge in [0.05, 0.1) is 25.4 Å². The summed E-state index contributed by atoms with van der Waals surface area (Å²) in [5.41, 5.74) is 0. The van der Waals surface area contributed by atoms with E-state index in [1.165, 1.54) is 199 Å². The second-order valence-corrected chi connectivity index (χ2v) is 25.0. The molecule has 0 radical (unpaired) electrons. The predicted molar refractivity (Wildman–Crippen MR) is 373 cm³/mol. The molecule has 1 aliphatic heterocycles. The molecule has 0 aromatic heterocycles. The Balaban J connectivity index is 2.10. The molecule has 0 aromatic carbocycles. The summed E-state index contributed by atoms with van der Waals surface area (Å²) >= 11 is 0. The highest BCUT2D eigenvalue weighted by Gasteiger charge is 2.44. The maximum Gasteiger partial charge on any atom is 0.220 e. The van der Waals surface area contributed by atoms with Gasteiger partial charge in [0, 0.05) is 6.42 Å². The van der Waals surface area contributed by atoms with Crippen LogP contribution in [-0.2, 0) is 14.3 Å². The lowest BCUT2D eigenvalue weighted by molar-refractivity contribution is -0.302. The predicted octanol–water partition coefficient (Wildman–Crippen LogP) is 20.4. The average Bonchev–Trinajstić information content (AvgIpc) is 3.47.